The van der Waals surface area contributed by atoms with Gasteiger partial charge in [0, 0.05) is 26.2 Å². The van der Waals surface area contributed by atoms with Gasteiger partial charge in [-0.2, -0.15) is 0 Å². The molecule has 3 heterocycles. The average molecular weight is 397 g/mol. The van der Waals surface area contributed by atoms with Crippen molar-refractivity contribution in [1.29, 1.82) is 0 Å². The predicted molar refractivity (Wildman–Crippen MR) is 112 cm³/mol. The van der Waals surface area contributed by atoms with Crippen LogP contribution in [-0.2, 0) is 6.54 Å². The number of fused-ring (bicyclic) bond motifs is 1. The van der Waals surface area contributed by atoms with Gasteiger partial charge >= 0.3 is 0 Å². The van der Waals surface area contributed by atoms with Crippen LogP contribution in [0.15, 0.2) is 41.5 Å². The quantitative estimate of drug-likeness (QED) is 0.680. The highest BCUT2D eigenvalue weighted by Crippen LogP contribution is 2.28. The molecule has 0 spiro atoms. The van der Waals surface area contributed by atoms with Gasteiger partial charge < -0.3 is 9.80 Å². The predicted octanol–water partition coefficient (Wildman–Crippen LogP) is 2.59. The van der Waals surface area contributed by atoms with Crippen LogP contribution in [-0.4, -0.2) is 58.0 Å². The molecule has 1 saturated heterocycles. The van der Waals surface area contributed by atoms with Crippen LogP contribution in [0.25, 0.3) is 10.2 Å². The van der Waals surface area contributed by atoms with Crippen molar-refractivity contribution < 1.29 is 4.79 Å². The van der Waals surface area contributed by atoms with Crippen molar-refractivity contribution in [2.45, 2.75) is 20.4 Å². The number of benzene rings is 1. The molecule has 0 radical (unpaired) electrons. The summed E-state index contributed by atoms with van der Waals surface area (Å²) in [5, 5.41) is 0.568. The molecule has 0 bridgehead atoms. The first kappa shape index (κ1) is 18.8. The molecular formula is C21H24N4O2S. The van der Waals surface area contributed by atoms with Crippen LogP contribution in [0.3, 0.4) is 0 Å². The maximum Gasteiger partial charge on any atom is 0.264 e. The van der Waals surface area contributed by atoms with Crippen LogP contribution in [0.1, 0.15) is 27.7 Å². The van der Waals surface area contributed by atoms with E-state index in [2.05, 4.69) is 16.8 Å². The SMILES string of the molecule is CCN1CCN(C(=O)c2sc3ncn(Cc4ccccc4)c(=O)c3c2C)CC1. The Hall–Kier alpha value is -2.51. The normalized spacial score (nSPS) is 15.3. The zero-order valence-electron chi connectivity index (χ0n) is 16.2. The van der Waals surface area contributed by atoms with Gasteiger partial charge in [-0.3, -0.25) is 14.2 Å². The first-order valence-electron chi connectivity index (χ1n) is 9.62. The fourth-order valence-corrected chi connectivity index (χ4v) is 4.77. The Balaban J connectivity index is 1.64. The molecule has 6 nitrogen and oxygen atoms in total. The van der Waals surface area contributed by atoms with Crippen LogP contribution in [0.2, 0.25) is 0 Å². The van der Waals surface area contributed by atoms with E-state index in [9.17, 15) is 9.59 Å². The number of amides is 1. The van der Waals surface area contributed by atoms with E-state index < -0.39 is 0 Å². The molecule has 7 heteroatoms. The third-order valence-corrected chi connectivity index (χ3v) is 6.60. The van der Waals surface area contributed by atoms with Crippen LogP contribution < -0.4 is 5.56 Å². The summed E-state index contributed by atoms with van der Waals surface area (Å²) in [6.45, 7) is 8.74. The Morgan fingerprint density at radius 1 is 1.14 bits per heavy atom. The first-order chi connectivity index (χ1) is 13.6. The van der Waals surface area contributed by atoms with Crippen molar-refractivity contribution in [2.24, 2.45) is 0 Å². The fraction of sp³-hybridized carbons (Fsp3) is 0.381. The Bertz CT molecular complexity index is 1050. The molecule has 4 rings (SSSR count). The number of carbonyl (C=O) groups excluding carboxylic acids is 1. The van der Waals surface area contributed by atoms with Crippen LogP contribution in [0.5, 0.6) is 0 Å². The Morgan fingerprint density at radius 2 is 1.86 bits per heavy atom. The average Bonchev–Trinajstić information content (AvgIpc) is 3.07. The van der Waals surface area contributed by atoms with Crippen molar-refractivity contribution in [1.82, 2.24) is 19.4 Å². The smallest absolute Gasteiger partial charge is 0.264 e. The monoisotopic (exact) mass is 396 g/mol. The molecule has 1 aliphatic heterocycles. The molecule has 0 unspecified atom stereocenters. The lowest BCUT2D eigenvalue weighted by Gasteiger charge is -2.33. The second-order valence-electron chi connectivity index (χ2n) is 7.13. The molecule has 0 N–H and O–H groups in total. The third-order valence-electron chi connectivity index (χ3n) is 5.41. The highest BCUT2D eigenvalue weighted by molar-refractivity contribution is 7.20. The fourth-order valence-electron chi connectivity index (χ4n) is 3.67. The minimum absolute atomic E-state index is 0.0188. The molecule has 28 heavy (non-hydrogen) atoms. The van der Waals surface area contributed by atoms with Gasteiger partial charge in [-0.25, -0.2) is 4.98 Å². The Morgan fingerprint density at radius 3 is 2.54 bits per heavy atom. The zero-order valence-corrected chi connectivity index (χ0v) is 17.0. The number of piperazine rings is 1. The largest absolute Gasteiger partial charge is 0.335 e. The molecule has 1 aromatic carbocycles. The van der Waals surface area contributed by atoms with Gasteiger partial charge in [-0.05, 0) is 24.6 Å². The zero-order chi connectivity index (χ0) is 19.7. The van der Waals surface area contributed by atoms with E-state index in [1.54, 1.807) is 10.9 Å². The molecule has 3 aromatic rings. The van der Waals surface area contributed by atoms with E-state index in [4.69, 9.17) is 0 Å². The van der Waals surface area contributed by atoms with Crippen molar-refractivity contribution in [3.63, 3.8) is 0 Å². The maximum absolute atomic E-state index is 13.1. The van der Waals surface area contributed by atoms with Crippen molar-refractivity contribution in [2.75, 3.05) is 32.7 Å². The number of aryl methyl sites for hydroxylation is 1. The van der Waals surface area contributed by atoms with Gasteiger partial charge in [0.25, 0.3) is 11.5 Å². The van der Waals surface area contributed by atoms with Crippen molar-refractivity contribution >= 4 is 27.5 Å². The van der Waals surface area contributed by atoms with E-state index in [1.165, 1.54) is 11.3 Å². The number of hydrogen-bond donors (Lipinski definition) is 0. The number of carbonyl (C=O) groups is 1. The Kier molecular flexibility index (Phi) is 5.28. The van der Waals surface area contributed by atoms with Gasteiger partial charge in [-0.15, -0.1) is 11.3 Å². The second-order valence-corrected chi connectivity index (χ2v) is 8.13. The summed E-state index contributed by atoms with van der Waals surface area (Å²) in [6, 6.07) is 9.84. The van der Waals surface area contributed by atoms with E-state index >= 15 is 0 Å². The standard InChI is InChI=1S/C21H24N4O2S/c1-3-23-9-11-24(12-10-23)21(27)18-15(2)17-19(28-18)22-14-25(20(17)26)13-16-7-5-4-6-8-16/h4-8,14H,3,9-13H2,1-2H3. The lowest BCUT2D eigenvalue weighted by atomic mass is 10.2. The van der Waals surface area contributed by atoms with Gasteiger partial charge in [-0.1, -0.05) is 37.3 Å². The number of aromatic nitrogens is 2. The minimum Gasteiger partial charge on any atom is -0.335 e. The molecule has 1 aliphatic rings. The van der Waals surface area contributed by atoms with Crippen molar-refractivity contribution in [3.8, 4) is 0 Å². The summed E-state index contributed by atoms with van der Waals surface area (Å²) in [7, 11) is 0. The Labute approximate surface area is 168 Å². The molecule has 2 aromatic heterocycles. The summed E-state index contributed by atoms with van der Waals surface area (Å²) >= 11 is 1.33. The molecule has 1 fully saturated rings. The van der Waals surface area contributed by atoms with Gasteiger partial charge in [0.2, 0.25) is 0 Å². The van der Waals surface area contributed by atoms with Gasteiger partial charge in [0.1, 0.15) is 4.83 Å². The molecular weight excluding hydrogens is 372 g/mol. The topological polar surface area (TPSA) is 58.4 Å². The molecule has 0 aliphatic carbocycles. The number of thiophene rings is 1. The third kappa shape index (κ3) is 3.47. The van der Waals surface area contributed by atoms with Crippen LogP contribution in [0.4, 0.5) is 0 Å². The molecule has 1 amide bonds. The summed E-state index contributed by atoms with van der Waals surface area (Å²) in [5.74, 6) is 0.0188. The first-order valence-corrected chi connectivity index (χ1v) is 10.4. The van der Waals surface area contributed by atoms with Gasteiger partial charge in [0.05, 0.1) is 23.1 Å². The summed E-state index contributed by atoms with van der Waals surface area (Å²) in [4.78, 5) is 36.1. The van der Waals surface area contributed by atoms with Gasteiger partial charge in [0.15, 0.2) is 0 Å². The van der Waals surface area contributed by atoms with E-state index in [0.717, 1.165) is 43.9 Å². The number of rotatable bonds is 4. The molecule has 0 saturated carbocycles. The minimum atomic E-state index is -0.0857. The molecule has 0 atom stereocenters. The number of likely N-dealkylation sites (N-methyl/N-ethyl adjacent to an activating group) is 1. The second kappa shape index (κ2) is 7.85. The summed E-state index contributed by atoms with van der Waals surface area (Å²) < 4.78 is 1.62. The molecule has 146 valence electrons. The van der Waals surface area contributed by atoms with E-state index in [-0.39, 0.29) is 11.5 Å². The summed E-state index contributed by atoms with van der Waals surface area (Å²) in [5.41, 5.74) is 1.71. The maximum atomic E-state index is 13.1. The van der Waals surface area contributed by atoms with E-state index in [1.807, 2.05) is 42.2 Å². The highest BCUT2D eigenvalue weighted by Gasteiger charge is 2.26. The number of nitrogens with zero attached hydrogens (tertiary/aromatic N) is 4. The summed E-state index contributed by atoms with van der Waals surface area (Å²) in [6.07, 6.45) is 1.59. The lowest BCUT2D eigenvalue weighted by Crippen LogP contribution is -2.48. The highest BCUT2D eigenvalue weighted by atomic mass is 32.1. The van der Waals surface area contributed by atoms with Crippen molar-refractivity contribution in [3.05, 3.63) is 63.0 Å². The van der Waals surface area contributed by atoms with E-state index in [0.29, 0.717) is 21.6 Å². The lowest BCUT2D eigenvalue weighted by molar-refractivity contribution is 0.0647. The number of hydrogen-bond acceptors (Lipinski definition) is 5. The van der Waals surface area contributed by atoms with Crippen LogP contribution in [0, 0.1) is 6.92 Å². The van der Waals surface area contributed by atoms with Crippen LogP contribution >= 0.6 is 11.3 Å².